The Morgan fingerprint density at radius 3 is 2.63 bits per heavy atom. The molecule has 0 saturated carbocycles. The summed E-state index contributed by atoms with van der Waals surface area (Å²) in [6, 6.07) is 15.2. The Bertz CT molecular complexity index is 1020. The number of carbonyl (C=O) groups excluding carboxylic acids is 1. The zero-order chi connectivity index (χ0) is 21.1. The first-order valence-electron chi connectivity index (χ1n) is 10.5. The SMILES string of the molecule is NC(=O)C(F)Cc1ccc2ccn(C3CCN(CCc4ccccc4F)CC3)c2c1. The fourth-order valence-corrected chi connectivity index (χ4v) is 4.35. The lowest BCUT2D eigenvalue weighted by atomic mass is 10.0. The predicted molar refractivity (Wildman–Crippen MR) is 115 cm³/mol. The molecule has 1 saturated heterocycles. The molecule has 1 atom stereocenters. The smallest absolute Gasteiger partial charge is 0.252 e. The number of piperidine rings is 1. The van der Waals surface area contributed by atoms with Gasteiger partial charge in [-0.05, 0) is 54.0 Å². The molecule has 4 nitrogen and oxygen atoms in total. The second-order valence-corrected chi connectivity index (χ2v) is 8.10. The third-order valence-electron chi connectivity index (χ3n) is 6.12. The standard InChI is InChI=1S/C24H27F2N3O/c25-21-4-2-1-3-18(21)7-11-28-12-9-20(10-13-28)29-14-8-19-6-5-17(16-23(19)29)15-22(26)24(27)30/h1-6,8,14,16,20,22H,7,9-13,15H2,(H2,27,30). The number of hydrogen-bond donors (Lipinski definition) is 1. The van der Waals surface area contributed by atoms with Crippen molar-refractivity contribution in [3.05, 3.63) is 71.7 Å². The molecule has 1 amide bonds. The van der Waals surface area contributed by atoms with Crippen molar-refractivity contribution in [3.63, 3.8) is 0 Å². The van der Waals surface area contributed by atoms with E-state index in [1.54, 1.807) is 6.07 Å². The first-order valence-corrected chi connectivity index (χ1v) is 10.5. The topological polar surface area (TPSA) is 51.3 Å². The molecule has 1 aliphatic rings. The molecular formula is C24H27F2N3O. The van der Waals surface area contributed by atoms with Crippen LogP contribution in [0.4, 0.5) is 8.78 Å². The fraction of sp³-hybridized carbons (Fsp3) is 0.375. The van der Waals surface area contributed by atoms with Crippen molar-refractivity contribution in [2.24, 2.45) is 5.73 Å². The molecule has 2 heterocycles. The molecule has 6 heteroatoms. The van der Waals surface area contributed by atoms with Gasteiger partial charge in [0.2, 0.25) is 0 Å². The van der Waals surface area contributed by atoms with Gasteiger partial charge in [0, 0.05) is 43.8 Å². The molecule has 1 unspecified atom stereocenters. The van der Waals surface area contributed by atoms with Crippen LogP contribution in [0.1, 0.15) is 30.0 Å². The number of rotatable bonds is 7. The minimum atomic E-state index is -1.66. The van der Waals surface area contributed by atoms with Crippen molar-refractivity contribution in [1.82, 2.24) is 9.47 Å². The predicted octanol–water partition coefficient (Wildman–Crippen LogP) is 4.03. The van der Waals surface area contributed by atoms with Crippen LogP contribution in [-0.2, 0) is 17.6 Å². The van der Waals surface area contributed by atoms with Crippen LogP contribution in [0.5, 0.6) is 0 Å². The highest BCUT2D eigenvalue weighted by Crippen LogP contribution is 2.29. The zero-order valence-electron chi connectivity index (χ0n) is 16.9. The van der Waals surface area contributed by atoms with Gasteiger partial charge in [-0.15, -0.1) is 0 Å². The number of alkyl halides is 1. The zero-order valence-corrected chi connectivity index (χ0v) is 16.9. The minimum absolute atomic E-state index is 0.00490. The van der Waals surface area contributed by atoms with Gasteiger partial charge < -0.3 is 15.2 Å². The number of aromatic nitrogens is 1. The summed E-state index contributed by atoms with van der Waals surface area (Å²) >= 11 is 0. The van der Waals surface area contributed by atoms with Gasteiger partial charge in [-0.1, -0.05) is 30.3 Å². The summed E-state index contributed by atoms with van der Waals surface area (Å²) in [7, 11) is 0. The second kappa shape index (κ2) is 8.96. The monoisotopic (exact) mass is 411 g/mol. The van der Waals surface area contributed by atoms with E-state index < -0.39 is 12.1 Å². The molecule has 2 N–H and O–H groups in total. The number of halogens is 2. The summed E-state index contributed by atoms with van der Waals surface area (Å²) in [4.78, 5) is 13.4. The first kappa shape index (κ1) is 20.5. The average Bonchev–Trinajstić information content (AvgIpc) is 3.17. The van der Waals surface area contributed by atoms with Crippen molar-refractivity contribution in [1.29, 1.82) is 0 Å². The molecule has 3 aromatic rings. The minimum Gasteiger partial charge on any atom is -0.367 e. The molecule has 0 radical (unpaired) electrons. The van der Waals surface area contributed by atoms with E-state index in [4.69, 9.17) is 5.73 Å². The van der Waals surface area contributed by atoms with Crippen LogP contribution in [0.2, 0.25) is 0 Å². The summed E-state index contributed by atoms with van der Waals surface area (Å²) in [5, 5.41) is 1.11. The third-order valence-corrected chi connectivity index (χ3v) is 6.12. The molecule has 2 aromatic carbocycles. The maximum absolute atomic E-state index is 13.8. The number of amides is 1. The Morgan fingerprint density at radius 1 is 1.13 bits per heavy atom. The number of likely N-dealkylation sites (tertiary alicyclic amines) is 1. The van der Waals surface area contributed by atoms with Gasteiger partial charge in [0.05, 0.1) is 0 Å². The molecule has 0 bridgehead atoms. The Hall–Kier alpha value is -2.73. The van der Waals surface area contributed by atoms with Gasteiger partial charge in [-0.25, -0.2) is 8.78 Å². The molecule has 30 heavy (non-hydrogen) atoms. The maximum Gasteiger partial charge on any atom is 0.252 e. The van der Waals surface area contributed by atoms with E-state index in [0.717, 1.165) is 60.9 Å². The van der Waals surface area contributed by atoms with Crippen LogP contribution >= 0.6 is 0 Å². The average molecular weight is 411 g/mol. The van der Waals surface area contributed by atoms with Gasteiger partial charge >= 0.3 is 0 Å². The van der Waals surface area contributed by atoms with Gasteiger partial charge in [-0.2, -0.15) is 0 Å². The maximum atomic E-state index is 13.8. The summed E-state index contributed by atoms with van der Waals surface area (Å²) in [5.41, 5.74) is 7.67. The normalized spacial score (nSPS) is 16.7. The molecule has 1 aromatic heterocycles. The Kier molecular flexibility index (Phi) is 6.13. The number of carbonyl (C=O) groups is 1. The molecule has 0 spiro atoms. The fourth-order valence-electron chi connectivity index (χ4n) is 4.35. The number of nitrogens with two attached hydrogens (primary N) is 1. The van der Waals surface area contributed by atoms with Crippen LogP contribution in [0.3, 0.4) is 0 Å². The number of primary amides is 1. The van der Waals surface area contributed by atoms with Crippen molar-refractivity contribution >= 4 is 16.8 Å². The summed E-state index contributed by atoms with van der Waals surface area (Å²) in [6.07, 6.45) is 3.18. The van der Waals surface area contributed by atoms with E-state index in [1.807, 2.05) is 30.3 Å². The lowest BCUT2D eigenvalue weighted by Crippen LogP contribution is -2.35. The van der Waals surface area contributed by atoms with E-state index in [1.165, 1.54) is 6.07 Å². The van der Waals surface area contributed by atoms with Crippen molar-refractivity contribution in [2.75, 3.05) is 19.6 Å². The van der Waals surface area contributed by atoms with Crippen molar-refractivity contribution < 1.29 is 13.6 Å². The second-order valence-electron chi connectivity index (χ2n) is 8.10. The van der Waals surface area contributed by atoms with Crippen LogP contribution in [0, 0.1) is 5.82 Å². The lowest BCUT2D eigenvalue weighted by molar-refractivity contribution is -0.122. The van der Waals surface area contributed by atoms with E-state index in [2.05, 4.69) is 21.7 Å². The van der Waals surface area contributed by atoms with E-state index in [0.29, 0.717) is 6.04 Å². The van der Waals surface area contributed by atoms with Crippen molar-refractivity contribution in [2.45, 2.75) is 37.9 Å². The third kappa shape index (κ3) is 4.54. The van der Waals surface area contributed by atoms with Crippen molar-refractivity contribution in [3.8, 4) is 0 Å². The first-order chi connectivity index (χ1) is 14.5. The molecule has 158 valence electrons. The molecule has 0 aliphatic carbocycles. The number of fused-ring (bicyclic) bond motifs is 1. The van der Waals surface area contributed by atoms with Gasteiger partial charge in [0.25, 0.3) is 5.91 Å². The largest absolute Gasteiger partial charge is 0.367 e. The Morgan fingerprint density at radius 2 is 1.90 bits per heavy atom. The highest BCUT2D eigenvalue weighted by atomic mass is 19.1. The van der Waals surface area contributed by atoms with Gasteiger partial charge in [-0.3, -0.25) is 4.79 Å². The molecule has 4 rings (SSSR count). The summed E-state index contributed by atoms with van der Waals surface area (Å²) in [5.74, 6) is -1.05. The van der Waals surface area contributed by atoms with Crippen LogP contribution in [-0.4, -0.2) is 41.2 Å². The Labute approximate surface area is 175 Å². The number of benzene rings is 2. The van der Waals surface area contributed by atoms with Crippen LogP contribution < -0.4 is 5.73 Å². The molecule has 1 aliphatic heterocycles. The highest BCUT2D eigenvalue weighted by Gasteiger charge is 2.22. The number of nitrogens with zero attached hydrogens (tertiary/aromatic N) is 2. The molecule has 1 fully saturated rings. The number of hydrogen-bond acceptors (Lipinski definition) is 2. The van der Waals surface area contributed by atoms with Gasteiger partial charge in [0.1, 0.15) is 5.82 Å². The quantitative estimate of drug-likeness (QED) is 0.638. The van der Waals surface area contributed by atoms with Crippen LogP contribution in [0.15, 0.2) is 54.7 Å². The van der Waals surface area contributed by atoms with E-state index >= 15 is 0 Å². The van der Waals surface area contributed by atoms with E-state index in [-0.39, 0.29) is 12.2 Å². The van der Waals surface area contributed by atoms with Crippen LogP contribution in [0.25, 0.3) is 10.9 Å². The lowest BCUT2D eigenvalue weighted by Gasteiger charge is -2.33. The van der Waals surface area contributed by atoms with E-state index in [9.17, 15) is 13.6 Å². The summed E-state index contributed by atoms with van der Waals surface area (Å²) in [6.45, 7) is 2.79. The highest BCUT2D eigenvalue weighted by molar-refractivity contribution is 5.82. The summed E-state index contributed by atoms with van der Waals surface area (Å²) < 4.78 is 29.8. The van der Waals surface area contributed by atoms with Gasteiger partial charge in [0.15, 0.2) is 6.17 Å². The molecular weight excluding hydrogens is 384 g/mol. The Balaban J connectivity index is 1.39.